The number of carbonyl (C=O) groups excluding carboxylic acids is 1. The minimum absolute atomic E-state index is 0.142. The van der Waals surface area contributed by atoms with Gasteiger partial charge in [-0.2, -0.15) is 0 Å². The van der Waals surface area contributed by atoms with Gasteiger partial charge < -0.3 is 5.32 Å². The van der Waals surface area contributed by atoms with E-state index in [0.29, 0.717) is 22.8 Å². The van der Waals surface area contributed by atoms with Gasteiger partial charge in [0.1, 0.15) is 11.5 Å². The number of hydrogen-bond acceptors (Lipinski definition) is 4. The van der Waals surface area contributed by atoms with Gasteiger partial charge in [-0.05, 0) is 48.9 Å². The number of amides is 1. The normalized spacial score (nSPS) is 10.8. The summed E-state index contributed by atoms with van der Waals surface area (Å²) in [5, 5.41) is 2.69. The molecule has 1 aromatic carbocycles. The molecular formula is C18H16FN3O2S. The van der Waals surface area contributed by atoms with Crippen molar-refractivity contribution in [1.82, 2.24) is 9.38 Å². The van der Waals surface area contributed by atoms with Crippen molar-refractivity contribution in [3.63, 3.8) is 0 Å². The summed E-state index contributed by atoms with van der Waals surface area (Å²) in [4.78, 5) is 28.4. The smallest absolute Gasteiger partial charge is 0.258 e. The average molecular weight is 357 g/mol. The number of nitrogens with one attached hydrogen (secondary N) is 1. The van der Waals surface area contributed by atoms with Gasteiger partial charge in [-0.1, -0.05) is 0 Å². The first-order valence-electron chi connectivity index (χ1n) is 7.63. The van der Waals surface area contributed by atoms with E-state index < -0.39 is 0 Å². The van der Waals surface area contributed by atoms with E-state index in [1.54, 1.807) is 6.20 Å². The monoisotopic (exact) mass is 357 g/mol. The van der Waals surface area contributed by atoms with Crippen molar-refractivity contribution >= 4 is 29.0 Å². The molecule has 0 atom stereocenters. The molecule has 0 fully saturated rings. The van der Waals surface area contributed by atoms with E-state index in [1.165, 1.54) is 46.5 Å². The second-order valence-corrected chi connectivity index (χ2v) is 6.55. The van der Waals surface area contributed by atoms with Crippen LogP contribution in [-0.2, 0) is 10.5 Å². The molecule has 0 bridgehead atoms. The molecule has 2 aromatic heterocycles. The first-order valence-corrected chi connectivity index (χ1v) is 8.79. The Hall–Kier alpha value is -2.67. The zero-order chi connectivity index (χ0) is 17.8. The number of pyridine rings is 1. The molecule has 7 heteroatoms. The lowest BCUT2D eigenvalue weighted by Gasteiger charge is -2.06. The molecule has 25 heavy (non-hydrogen) atoms. The lowest BCUT2D eigenvalue weighted by molar-refractivity contribution is -0.113. The second kappa shape index (κ2) is 7.48. The van der Waals surface area contributed by atoms with Crippen LogP contribution in [0.1, 0.15) is 11.3 Å². The van der Waals surface area contributed by atoms with Crippen LogP contribution in [-0.4, -0.2) is 21.0 Å². The van der Waals surface area contributed by atoms with Crippen LogP contribution in [0.4, 0.5) is 10.1 Å². The van der Waals surface area contributed by atoms with E-state index >= 15 is 0 Å². The summed E-state index contributed by atoms with van der Waals surface area (Å²) in [7, 11) is 0. The summed E-state index contributed by atoms with van der Waals surface area (Å²) in [5.41, 5.74) is 2.66. The van der Waals surface area contributed by atoms with Gasteiger partial charge in [0.2, 0.25) is 5.91 Å². The number of hydrogen-bond donors (Lipinski definition) is 1. The number of nitrogens with zero attached hydrogens (tertiary/aromatic N) is 2. The van der Waals surface area contributed by atoms with Crippen LogP contribution in [0.2, 0.25) is 0 Å². The first kappa shape index (κ1) is 17.2. The van der Waals surface area contributed by atoms with E-state index in [1.807, 2.05) is 19.1 Å². The maximum absolute atomic E-state index is 12.8. The van der Waals surface area contributed by atoms with Crippen molar-refractivity contribution in [2.24, 2.45) is 0 Å². The SMILES string of the molecule is Cc1ccn2c(=O)cc(CSCC(=O)Nc3ccc(F)cc3)nc2c1. The minimum atomic E-state index is -0.351. The molecule has 0 saturated heterocycles. The molecular weight excluding hydrogens is 341 g/mol. The Bertz CT molecular complexity index is 970. The summed E-state index contributed by atoms with van der Waals surface area (Å²) >= 11 is 1.36. The Labute approximate surface area is 147 Å². The van der Waals surface area contributed by atoms with Crippen molar-refractivity contribution < 1.29 is 9.18 Å². The van der Waals surface area contributed by atoms with Gasteiger partial charge in [-0.3, -0.25) is 14.0 Å². The molecule has 128 valence electrons. The van der Waals surface area contributed by atoms with Crippen LogP contribution in [0.15, 0.2) is 53.5 Å². The number of rotatable bonds is 5. The maximum Gasteiger partial charge on any atom is 0.258 e. The summed E-state index contributed by atoms with van der Waals surface area (Å²) in [6.07, 6.45) is 1.70. The lowest BCUT2D eigenvalue weighted by Crippen LogP contribution is -2.16. The molecule has 5 nitrogen and oxygen atoms in total. The van der Waals surface area contributed by atoms with Gasteiger partial charge in [-0.25, -0.2) is 9.37 Å². The molecule has 1 amide bonds. The molecule has 0 aliphatic carbocycles. The molecule has 0 saturated carbocycles. The highest BCUT2D eigenvalue weighted by atomic mass is 32.2. The second-order valence-electron chi connectivity index (χ2n) is 5.57. The Morgan fingerprint density at radius 3 is 2.76 bits per heavy atom. The molecule has 0 radical (unpaired) electrons. The van der Waals surface area contributed by atoms with Crippen LogP contribution in [0.25, 0.3) is 5.65 Å². The number of benzene rings is 1. The zero-order valence-corrected chi connectivity index (χ0v) is 14.3. The fourth-order valence-electron chi connectivity index (χ4n) is 2.31. The Morgan fingerprint density at radius 1 is 1.24 bits per heavy atom. The van der Waals surface area contributed by atoms with E-state index in [-0.39, 0.29) is 23.0 Å². The maximum atomic E-state index is 12.8. The Morgan fingerprint density at radius 2 is 2.00 bits per heavy atom. The molecule has 1 N–H and O–H groups in total. The molecule has 0 aliphatic heterocycles. The highest BCUT2D eigenvalue weighted by Crippen LogP contribution is 2.13. The molecule has 0 aliphatic rings. The first-order chi connectivity index (χ1) is 12.0. The van der Waals surface area contributed by atoms with Crippen molar-refractivity contribution in [1.29, 1.82) is 0 Å². The standard InChI is InChI=1S/C18H16FN3O2S/c1-12-6-7-22-16(8-12)20-15(9-18(22)24)10-25-11-17(23)21-14-4-2-13(19)3-5-14/h2-9H,10-11H2,1H3,(H,21,23). The predicted octanol–water partition coefficient (Wildman–Crippen LogP) is 3.01. The van der Waals surface area contributed by atoms with Gasteiger partial charge in [0.25, 0.3) is 5.56 Å². The largest absolute Gasteiger partial charge is 0.325 e. The topological polar surface area (TPSA) is 63.5 Å². The van der Waals surface area contributed by atoms with Gasteiger partial charge in [0, 0.05) is 23.7 Å². The number of fused-ring (bicyclic) bond motifs is 1. The fourth-order valence-corrected chi connectivity index (χ4v) is 3.02. The zero-order valence-electron chi connectivity index (χ0n) is 13.5. The minimum Gasteiger partial charge on any atom is -0.325 e. The van der Waals surface area contributed by atoms with Crippen molar-refractivity contribution in [2.45, 2.75) is 12.7 Å². The number of anilines is 1. The van der Waals surface area contributed by atoms with E-state index in [4.69, 9.17) is 0 Å². The summed E-state index contributed by atoms with van der Waals surface area (Å²) in [6.45, 7) is 1.94. The van der Waals surface area contributed by atoms with Gasteiger partial charge >= 0.3 is 0 Å². The summed E-state index contributed by atoms with van der Waals surface area (Å²) < 4.78 is 14.3. The van der Waals surface area contributed by atoms with Crippen molar-refractivity contribution in [3.05, 3.63) is 76.1 Å². The lowest BCUT2D eigenvalue weighted by atomic mass is 10.3. The molecule has 0 spiro atoms. The highest BCUT2D eigenvalue weighted by Gasteiger charge is 2.06. The van der Waals surface area contributed by atoms with E-state index in [2.05, 4.69) is 10.3 Å². The number of aryl methyl sites for hydroxylation is 1. The molecule has 3 rings (SSSR count). The number of thioether (sulfide) groups is 1. The summed E-state index contributed by atoms with van der Waals surface area (Å²) in [5.74, 6) is 0.129. The number of aromatic nitrogens is 2. The van der Waals surface area contributed by atoms with Crippen LogP contribution >= 0.6 is 11.8 Å². The van der Waals surface area contributed by atoms with Crippen molar-refractivity contribution in [2.75, 3.05) is 11.1 Å². The Kier molecular flexibility index (Phi) is 5.14. The summed E-state index contributed by atoms with van der Waals surface area (Å²) in [6, 6.07) is 10.8. The third-order valence-electron chi connectivity index (χ3n) is 3.49. The van der Waals surface area contributed by atoms with Crippen LogP contribution in [0.5, 0.6) is 0 Å². The molecule has 3 aromatic rings. The van der Waals surface area contributed by atoms with Gasteiger partial charge in [-0.15, -0.1) is 11.8 Å². The third kappa shape index (κ3) is 4.45. The average Bonchev–Trinajstić information content (AvgIpc) is 2.56. The quantitative estimate of drug-likeness (QED) is 0.762. The van der Waals surface area contributed by atoms with Gasteiger partial charge in [0.15, 0.2) is 0 Å². The molecule has 0 unspecified atom stereocenters. The molecule has 2 heterocycles. The Balaban J connectivity index is 1.60. The van der Waals surface area contributed by atoms with Crippen LogP contribution in [0, 0.1) is 12.7 Å². The van der Waals surface area contributed by atoms with Crippen LogP contribution in [0.3, 0.4) is 0 Å². The van der Waals surface area contributed by atoms with E-state index in [0.717, 1.165) is 5.56 Å². The van der Waals surface area contributed by atoms with Crippen molar-refractivity contribution in [3.8, 4) is 0 Å². The van der Waals surface area contributed by atoms with Crippen LogP contribution < -0.4 is 10.9 Å². The predicted molar refractivity (Wildman–Crippen MR) is 97.4 cm³/mol. The fraction of sp³-hybridized carbons (Fsp3) is 0.167. The third-order valence-corrected chi connectivity index (χ3v) is 4.45. The van der Waals surface area contributed by atoms with Gasteiger partial charge in [0.05, 0.1) is 11.4 Å². The number of carbonyl (C=O) groups is 1. The highest BCUT2D eigenvalue weighted by molar-refractivity contribution is 7.99. The number of halogens is 1. The van der Waals surface area contributed by atoms with E-state index in [9.17, 15) is 14.0 Å².